The lowest BCUT2D eigenvalue weighted by Crippen LogP contribution is -2.48. The van der Waals surface area contributed by atoms with Crippen molar-refractivity contribution < 1.29 is 9.53 Å². The van der Waals surface area contributed by atoms with Crippen molar-refractivity contribution in [3.63, 3.8) is 0 Å². The number of carbonyl (C=O) groups is 1. The molecule has 1 amide bonds. The number of carbonyl (C=O) groups excluding carboxylic acids is 1. The molecule has 1 aromatic heterocycles. The van der Waals surface area contributed by atoms with E-state index < -0.39 is 0 Å². The van der Waals surface area contributed by atoms with Gasteiger partial charge in [0.05, 0.1) is 9.72 Å². The molecule has 30 heavy (non-hydrogen) atoms. The van der Waals surface area contributed by atoms with E-state index in [1.807, 2.05) is 12.1 Å². The number of nitrogens with zero attached hydrogens (tertiary/aromatic N) is 3. The van der Waals surface area contributed by atoms with E-state index in [1.165, 1.54) is 0 Å². The average Bonchev–Trinajstić information content (AvgIpc) is 3.20. The third kappa shape index (κ3) is 5.35. The molecule has 9 heteroatoms. The Morgan fingerprint density at radius 2 is 1.87 bits per heavy atom. The van der Waals surface area contributed by atoms with E-state index in [2.05, 4.69) is 21.2 Å². The van der Waals surface area contributed by atoms with Gasteiger partial charge in [-0.3, -0.25) is 9.69 Å². The maximum atomic E-state index is 12.0. The number of ether oxygens (including phenoxy) is 1. The molecule has 1 fully saturated rings. The molecule has 6 nitrogen and oxygen atoms in total. The number of piperazine rings is 1. The van der Waals surface area contributed by atoms with Crippen molar-refractivity contribution in [2.45, 2.75) is 0 Å². The number of rotatable bonds is 7. The summed E-state index contributed by atoms with van der Waals surface area (Å²) in [5, 5.41) is 5.26. The van der Waals surface area contributed by atoms with Crippen molar-refractivity contribution in [2.75, 3.05) is 50.8 Å². The lowest BCUT2D eigenvalue weighted by molar-refractivity contribution is -0.123. The summed E-state index contributed by atoms with van der Waals surface area (Å²) < 4.78 is 6.57. The van der Waals surface area contributed by atoms with E-state index in [-0.39, 0.29) is 12.5 Å². The molecule has 4 rings (SSSR count). The molecule has 1 aliphatic heterocycles. The number of thiazole rings is 1. The Labute approximate surface area is 189 Å². The quantitative estimate of drug-likeness (QED) is 0.573. The van der Waals surface area contributed by atoms with Crippen LogP contribution >= 0.6 is 34.5 Å². The van der Waals surface area contributed by atoms with Crippen LogP contribution < -0.4 is 15.0 Å². The number of amides is 1. The molecule has 0 aliphatic carbocycles. The van der Waals surface area contributed by atoms with E-state index in [1.54, 1.807) is 35.6 Å². The maximum absolute atomic E-state index is 12.0. The molecule has 158 valence electrons. The zero-order valence-electron chi connectivity index (χ0n) is 16.3. The fourth-order valence-electron chi connectivity index (χ4n) is 3.29. The van der Waals surface area contributed by atoms with Gasteiger partial charge in [-0.1, -0.05) is 40.6 Å². The van der Waals surface area contributed by atoms with Crippen molar-refractivity contribution in [1.29, 1.82) is 0 Å². The number of benzene rings is 2. The number of anilines is 1. The number of nitrogens with one attached hydrogen (secondary N) is 1. The van der Waals surface area contributed by atoms with Crippen LogP contribution in [0.5, 0.6) is 5.75 Å². The summed E-state index contributed by atoms with van der Waals surface area (Å²) in [4.78, 5) is 21.3. The second kappa shape index (κ2) is 9.83. The van der Waals surface area contributed by atoms with E-state index >= 15 is 0 Å². The van der Waals surface area contributed by atoms with Gasteiger partial charge in [-0.15, -0.1) is 0 Å². The molecule has 1 N–H and O–H groups in total. The van der Waals surface area contributed by atoms with Crippen LogP contribution in [0.3, 0.4) is 0 Å². The third-order valence-corrected chi connectivity index (χ3v) is 6.57. The predicted molar refractivity (Wildman–Crippen MR) is 123 cm³/mol. The van der Waals surface area contributed by atoms with Crippen molar-refractivity contribution in [2.24, 2.45) is 0 Å². The SMILES string of the molecule is O=C(COc1ccc(Cl)cc1)NCCN1CCN(c2nc3c(Cl)cccc3s2)CC1. The molecule has 0 spiro atoms. The summed E-state index contributed by atoms with van der Waals surface area (Å²) in [7, 11) is 0. The summed E-state index contributed by atoms with van der Waals surface area (Å²) >= 11 is 13.8. The first-order valence-corrected chi connectivity index (χ1v) is 11.3. The van der Waals surface area contributed by atoms with Crippen LogP contribution in [-0.2, 0) is 4.79 Å². The van der Waals surface area contributed by atoms with E-state index in [4.69, 9.17) is 32.9 Å². The second-order valence-electron chi connectivity index (χ2n) is 7.00. The Balaban J connectivity index is 1.17. The smallest absolute Gasteiger partial charge is 0.257 e. The second-order valence-corrected chi connectivity index (χ2v) is 8.86. The largest absolute Gasteiger partial charge is 0.484 e. The molecule has 1 saturated heterocycles. The standard InChI is InChI=1S/C21H22Cl2N4O2S/c22-15-4-6-16(7-5-15)29-14-19(28)24-8-9-26-10-12-27(13-11-26)21-25-20-17(23)2-1-3-18(20)30-21/h1-7H,8-14H2,(H,24,28). The highest BCUT2D eigenvalue weighted by atomic mass is 35.5. The van der Waals surface area contributed by atoms with Gasteiger partial charge in [0.2, 0.25) is 0 Å². The summed E-state index contributed by atoms with van der Waals surface area (Å²) in [5.74, 6) is 0.497. The Bertz CT molecular complexity index is 1000. The Hall–Kier alpha value is -2.06. The van der Waals surface area contributed by atoms with E-state index in [0.717, 1.165) is 48.1 Å². The molecule has 0 atom stereocenters. The van der Waals surface area contributed by atoms with Gasteiger partial charge in [0, 0.05) is 44.3 Å². The van der Waals surface area contributed by atoms with Crippen molar-refractivity contribution >= 4 is 55.8 Å². The minimum atomic E-state index is -0.130. The summed E-state index contributed by atoms with van der Waals surface area (Å²) in [6.45, 7) is 5.08. The third-order valence-electron chi connectivity index (χ3n) is 4.94. The van der Waals surface area contributed by atoms with Crippen LogP contribution in [0.1, 0.15) is 0 Å². The highest BCUT2D eigenvalue weighted by molar-refractivity contribution is 7.22. The molecule has 1 aliphatic rings. The lowest BCUT2D eigenvalue weighted by Gasteiger charge is -2.34. The summed E-state index contributed by atoms with van der Waals surface area (Å²) in [6.07, 6.45) is 0. The average molecular weight is 465 g/mol. The number of hydrogen-bond acceptors (Lipinski definition) is 6. The van der Waals surface area contributed by atoms with Gasteiger partial charge in [-0.25, -0.2) is 4.98 Å². The Morgan fingerprint density at radius 1 is 1.10 bits per heavy atom. The molecular formula is C21H22Cl2N4O2S. The van der Waals surface area contributed by atoms with Crippen LogP contribution in [0.2, 0.25) is 10.0 Å². The normalized spacial score (nSPS) is 14.8. The molecule has 3 aromatic rings. The number of aromatic nitrogens is 1. The first-order chi connectivity index (χ1) is 14.6. The van der Waals surface area contributed by atoms with Gasteiger partial charge in [-0.05, 0) is 36.4 Å². The van der Waals surface area contributed by atoms with E-state index in [9.17, 15) is 4.79 Å². The van der Waals surface area contributed by atoms with Gasteiger partial charge < -0.3 is 15.0 Å². The highest BCUT2D eigenvalue weighted by Gasteiger charge is 2.20. The van der Waals surface area contributed by atoms with Crippen LogP contribution in [0.15, 0.2) is 42.5 Å². The van der Waals surface area contributed by atoms with Crippen LogP contribution in [0.4, 0.5) is 5.13 Å². The van der Waals surface area contributed by atoms with Crippen LogP contribution in [-0.4, -0.2) is 61.7 Å². The molecular weight excluding hydrogens is 443 g/mol. The van der Waals surface area contributed by atoms with Crippen LogP contribution in [0, 0.1) is 0 Å². The first kappa shape index (κ1) is 21.2. The minimum Gasteiger partial charge on any atom is -0.484 e. The molecule has 2 heterocycles. The first-order valence-electron chi connectivity index (χ1n) is 9.76. The molecule has 0 bridgehead atoms. The van der Waals surface area contributed by atoms with Crippen molar-refractivity contribution in [3.05, 3.63) is 52.5 Å². The van der Waals surface area contributed by atoms with Gasteiger partial charge in [0.1, 0.15) is 11.3 Å². The maximum Gasteiger partial charge on any atom is 0.257 e. The summed E-state index contributed by atoms with van der Waals surface area (Å²) in [6, 6.07) is 12.8. The van der Waals surface area contributed by atoms with Crippen molar-refractivity contribution in [1.82, 2.24) is 15.2 Å². The lowest BCUT2D eigenvalue weighted by atomic mass is 10.3. The van der Waals surface area contributed by atoms with Crippen LogP contribution in [0.25, 0.3) is 10.2 Å². The fourth-order valence-corrected chi connectivity index (χ4v) is 4.73. The van der Waals surface area contributed by atoms with Gasteiger partial charge in [0.25, 0.3) is 5.91 Å². The monoisotopic (exact) mass is 464 g/mol. The number of hydrogen-bond donors (Lipinski definition) is 1. The molecule has 0 saturated carbocycles. The molecule has 2 aromatic carbocycles. The fraction of sp³-hybridized carbons (Fsp3) is 0.333. The number of fused-ring (bicyclic) bond motifs is 1. The Kier molecular flexibility index (Phi) is 6.94. The molecule has 0 radical (unpaired) electrons. The zero-order chi connectivity index (χ0) is 20.9. The number of halogens is 2. The van der Waals surface area contributed by atoms with Gasteiger partial charge >= 0.3 is 0 Å². The molecule has 0 unspecified atom stereocenters. The predicted octanol–water partition coefficient (Wildman–Crippen LogP) is 3.92. The zero-order valence-corrected chi connectivity index (χ0v) is 18.6. The minimum absolute atomic E-state index is 0.00439. The topological polar surface area (TPSA) is 57.7 Å². The van der Waals surface area contributed by atoms with Gasteiger partial charge in [-0.2, -0.15) is 0 Å². The van der Waals surface area contributed by atoms with Gasteiger partial charge in [0.15, 0.2) is 11.7 Å². The summed E-state index contributed by atoms with van der Waals surface area (Å²) in [5.41, 5.74) is 0.880. The van der Waals surface area contributed by atoms with E-state index in [0.29, 0.717) is 22.3 Å². The Morgan fingerprint density at radius 3 is 2.60 bits per heavy atom. The van der Waals surface area contributed by atoms with Crippen molar-refractivity contribution in [3.8, 4) is 5.75 Å². The highest BCUT2D eigenvalue weighted by Crippen LogP contribution is 2.33. The number of para-hydroxylation sites is 1.